The summed E-state index contributed by atoms with van der Waals surface area (Å²) < 4.78 is 0. The summed E-state index contributed by atoms with van der Waals surface area (Å²) in [7, 11) is 0. The van der Waals surface area contributed by atoms with Gasteiger partial charge in [0.15, 0.2) is 0 Å². The predicted octanol–water partition coefficient (Wildman–Crippen LogP) is 2.67. The number of hydrogen-bond acceptors (Lipinski definition) is 5. The molecule has 0 aliphatic heterocycles. The maximum atomic E-state index is 12.1. The van der Waals surface area contributed by atoms with Crippen molar-refractivity contribution >= 4 is 22.4 Å². The molecule has 5 nitrogen and oxygen atoms in total. The first-order valence-corrected chi connectivity index (χ1v) is 7.32. The Bertz CT molecular complexity index is 379. The van der Waals surface area contributed by atoms with Crippen LogP contribution < -0.4 is 10.6 Å². The normalized spacial score (nSPS) is 11.3. The molecular weight excluding hydrogens is 248 g/mol. The molecule has 0 saturated heterocycles. The first-order chi connectivity index (χ1) is 8.60. The van der Waals surface area contributed by atoms with Crippen LogP contribution in [0.25, 0.3) is 0 Å². The fourth-order valence-electron chi connectivity index (χ4n) is 1.85. The van der Waals surface area contributed by atoms with E-state index in [0.29, 0.717) is 10.1 Å². The van der Waals surface area contributed by atoms with Crippen molar-refractivity contribution in [1.82, 2.24) is 15.5 Å². The largest absolute Gasteiger partial charge is 0.360 e. The van der Waals surface area contributed by atoms with Crippen LogP contribution in [-0.4, -0.2) is 28.2 Å². The van der Waals surface area contributed by atoms with Crippen LogP contribution in [0.15, 0.2) is 0 Å². The molecule has 0 aromatic carbocycles. The lowest BCUT2D eigenvalue weighted by molar-refractivity contribution is 0.0887. The molecule has 0 aliphatic rings. The zero-order valence-corrected chi connectivity index (χ0v) is 12.4. The van der Waals surface area contributed by atoms with Crippen LogP contribution in [0.3, 0.4) is 0 Å². The zero-order valence-electron chi connectivity index (χ0n) is 11.5. The molecule has 1 amide bonds. The Morgan fingerprint density at radius 3 is 2.28 bits per heavy atom. The van der Waals surface area contributed by atoms with Crippen molar-refractivity contribution in [2.45, 2.75) is 52.5 Å². The van der Waals surface area contributed by atoms with E-state index in [2.05, 4.69) is 41.6 Å². The molecule has 0 spiro atoms. The van der Waals surface area contributed by atoms with Crippen LogP contribution in [-0.2, 0) is 0 Å². The number of hydrogen-bond donors (Lipinski definition) is 2. The number of amides is 1. The molecule has 6 heteroatoms. The van der Waals surface area contributed by atoms with E-state index in [9.17, 15) is 4.79 Å². The molecular formula is C12H22N4OS. The molecule has 0 unspecified atom stereocenters. The first-order valence-electron chi connectivity index (χ1n) is 6.50. The van der Waals surface area contributed by atoms with Crippen LogP contribution in [0.4, 0.5) is 5.13 Å². The molecule has 1 aromatic rings. The molecule has 0 atom stereocenters. The van der Waals surface area contributed by atoms with E-state index in [1.165, 1.54) is 11.3 Å². The van der Waals surface area contributed by atoms with Crippen molar-refractivity contribution in [2.24, 2.45) is 0 Å². The summed E-state index contributed by atoms with van der Waals surface area (Å²) in [6.07, 6.45) is 2.76. The average Bonchev–Trinajstić information content (AvgIpc) is 2.85. The van der Waals surface area contributed by atoms with Gasteiger partial charge in [-0.05, 0) is 26.2 Å². The molecule has 0 radical (unpaired) electrons. The Hall–Kier alpha value is -1.17. The van der Waals surface area contributed by atoms with E-state index in [4.69, 9.17) is 0 Å². The van der Waals surface area contributed by atoms with Crippen molar-refractivity contribution in [3.05, 3.63) is 5.01 Å². The number of anilines is 1. The Morgan fingerprint density at radius 2 is 1.78 bits per heavy atom. The van der Waals surface area contributed by atoms with Gasteiger partial charge in [-0.1, -0.05) is 32.1 Å². The topological polar surface area (TPSA) is 66.9 Å². The van der Waals surface area contributed by atoms with E-state index in [-0.39, 0.29) is 11.4 Å². The van der Waals surface area contributed by atoms with Gasteiger partial charge >= 0.3 is 0 Å². The van der Waals surface area contributed by atoms with Crippen molar-refractivity contribution in [3.63, 3.8) is 0 Å². The van der Waals surface area contributed by atoms with Gasteiger partial charge in [-0.25, -0.2) is 0 Å². The second-order valence-corrected chi connectivity index (χ2v) is 5.22. The van der Waals surface area contributed by atoms with Gasteiger partial charge in [0.1, 0.15) is 0 Å². The number of rotatable bonds is 7. The summed E-state index contributed by atoms with van der Waals surface area (Å²) in [5.41, 5.74) is -0.124. The minimum Gasteiger partial charge on any atom is -0.360 e. The van der Waals surface area contributed by atoms with E-state index < -0.39 is 0 Å². The van der Waals surface area contributed by atoms with Crippen LogP contribution in [0.2, 0.25) is 0 Å². The standard InChI is InChI=1S/C12H22N4OS/c1-5-12(6-2,7-3)14-9(17)10-15-16-11(18-10)13-8-4/h5-8H2,1-4H3,(H,13,16)(H,14,17). The van der Waals surface area contributed by atoms with Gasteiger partial charge in [0.05, 0.1) is 0 Å². The molecule has 1 aromatic heterocycles. The van der Waals surface area contributed by atoms with Crippen molar-refractivity contribution in [1.29, 1.82) is 0 Å². The third-order valence-electron chi connectivity index (χ3n) is 3.36. The summed E-state index contributed by atoms with van der Waals surface area (Å²) >= 11 is 1.29. The van der Waals surface area contributed by atoms with Gasteiger partial charge in [-0.3, -0.25) is 4.79 Å². The molecule has 0 aliphatic carbocycles. The van der Waals surface area contributed by atoms with E-state index in [0.717, 1.165) is 25.8 Å². The fourth-order valence-corrected chi connectivity index (χ4v) is 2.55. The maximum Gasteiger partial charge on any atom is 0.282 e. The minimum atomic E-state index is -0.124. The summed E-state index contributed by atoms with van der Waals surface area (Å²) in [4.78, 5) is 12.1. The monoisotopic (exact) mass is 270 g/mol. The highest BCUT2D eigenvalue weighted by atomic mass is 32.1. The zero-order chi connectivity index (χ0) is 13.6. The molecule has 1 heterocycles. The summed E-state index contributed by atoms with van der Waals surface area (Å²) in [6.45, 7) is 9.04. The fraction of sp³-hybridized carbons (Fsp3) is 0.750. The molecule has 18 heavy (non-hydrogen) atoms. The highest BCUT2D eigenvalue weighted by molar-refractivity contribution is 7.17. The lowest BCUT2D eigenvalue weighted by Gasteiger charge is -2.31. The molecule has 0 fully saturated rings. The van der Waals surface area contributed by atoms with Crippen LogP contribution in [0.5, 0.6) is 0 Å². The van der Waals surface area contributed by atoms with Gasteiger partial charge in [-0.2, -0.15) is 0 Å². The SMILES string of the molecule is CCNc1nnc(C(=O)NC(CC)(CC)CC)s1. The number of nitrogens with one attached hydrogen (secondary N) is 2. The predicted molar refractivity (Wildman–Crippen MR) is 75.1 cm³/mol. The number of nitrogens with zero attached hydrogens (tertiary/aromatic N) is 2. The Morgan fingerprint density at radius 1 is 1.17 bits per heavy atom. The Kier molecular flexibility index (Phi) is 5.53. The quantitative estimate of drug-likeness (QED) is 0.799. The second-order valence-electron chi connectivity index (χ2n) is 4.24. The van der Waals surface area contributed by atoms with Gasteiger partial charge < -0.3 is 10.6 Å². The molecule has 102 valence electrons. The van der Waals surface area contributed by atoms with Crippen molar-refractivity contribution in [3.8, 4) is 0 Å². The summed E-state index contributed by atoms with van der Waals surface area (Å²) in [5.74, 6) is -0.123. The Balaban J connectivity index is 2.74. The van der Waals surface area contributed by atoms with Crippen molar-refractivity contribution < 1.29 is 4.79 Å². The molecule has 2 N–H and O–H groups in total. The van der Waals surface area contributed by atoms with Gasteiger partial charge in [-0.15, -0.1) is 10.2 Å². The average molecular weight is 270 g/mol. The summed E-state index contributed by atoms with van der Waals surface area (Å²) in [6, 6.07) is 0. The lowest BCUT2D eigenvalue weighted by Crippen LogP contribution is -2.47. The summed E-state index contributed by atoms with van der Waals surface area (Å²) in [5, 5.41) is 15.1. The maximum absolute atomic E-state index is 12.1. The van der Waals surface area contributed by atoms with Crippen LogP contribution in [0, 0.1) is 0 Å². The molecule has 1 rings (SSSR count). The number of carbonyl (C=O) groups is 1. The van der Waals surface area contributed by atoms with Gasteiger partial charge in [0.25, 0.3) is 5.91 Å². The number of carbonyl (C=O) groups excluding carboxylic acids is 1. The van der Waals surface area contributed by atoms with Crippen LogP contribution in [0.1, 0.15) is 56.8 Å². The number of aromatic nitrogens is 2. The lowest BCUT2D eigenvalue weighted by atomic mass is 9.90. The highest BCUT2D eigenvalue weighted by Gasteiger charge is 2.27. The van der Waals surface area contributed by atoms with Gasteiger partial charge in [0.2, 0.25) is 10.1 Å². The van der Waals surface area contributed by atoms with Crippen LogP contribution >= 0.6 is 11.3 Å². The van der Waals surface area contributed by atoms with Gasteiger partial charge in [0, 0.05) is 12.1 Å². The third-order valence-corrected chi connectivity index (χ3v) is 4.24. The molecule has 0 saturated carbocycles. The van der Waals surface area contributed by atoms with E-state index in [1.54, 1.807) is 0 Å². The smallest absolute Gasteiger partial charge is 0.282 e. The van der Waals surface area contributed by atoms with E-state index >= 15 is 0 Å². The van der Waals surface area contributed by atoms with Crippen molar-refractivity contribution in [2.75, 3.05) is 11.9 Å². The Labute approximate surface area is 112 Å². The minimum absolute atomic E-state index is 0.123. The second kappa shape index (κ2) is 6.68. The van der Waals surface area contributed by atoms with E-state index in [1.807, 2.05) is 6.92 Å². The first kappa shape index (κ1) is 14.9. The molecule has 0 bridgehead atoms. The highest BCUT2D eigenvalue weighted by Crippen LogP contribution is 2.21. The third kappa shape index (κ3) is 3.41.